The van der Waals surface area contributed by atoms with E-state index >= 15 is 0 Å². The van der Waals surface area contributed by atoms with Gasteiger partial charge in [-0.15, -0.1) is 0 Å². The second-order valence-corrected chi connectivity index (χ2v) is 4.58. The minimum Gasteiger partial charge on any atom is -0.481 e. The molecule has 1 fully saturated rings. The van der Waals surface area contributed by atoms with Crippen LogP contribution in [0.15, 0.2) is 0 Å². The van der Waals surface area contributed by atoms with Gasteiger partial charge in [-0.3, -0.25) is 9.59 Å². The highest BCUT2D eigenvalue weighted by Gasteiger charge is 2.30. The van der Waals surface area contributed by atoms with Crippen molar-refractivity contribution in [3.63, 3.8) is 0 Å². The SMILES string of the molecule is CC(C(=O)O)C(C)C(=O)N1CCC(N)CC1. The second-order valence-electron chi connectivity index (χ2n) is 4.58. The van der Waals surface area contributed by atoms with Crippen LogP contribution >= 0.6 is 0 Å². The molecule has 3 N–H and O–H groups in total. The molecule has 0 bridgehead atoms. The van der Waals surface area contributed by atoms with Crippen molar-refractivity contribution in [3.8, 4) is 0 Å². The van der Waals surface area contributed by atoms with E-state index in [-0.39, 0.29) is 11.9 Å². The number of carboxylic acids is 1. The summed E-state index contributed by atoms with van der Waals surface area (Å²) in [4.78, 5) is 24.5. The van der Waals surface area contributed by atoms with Crippen LogP contribution in [-0.2, 0) is 9.59 Å². The lowest BCUT2D eigenvalue weighted by molar-refractivity contribution is -0.149. The number of carbonyl (C=O) groups is 2. The van der Waals surface area contributed by atoms with Gasteiger partial charge >= 0.3 is 5.97 Å². The van der Waals surface area contributed by atoms with E-state index in [0.29, 0.717) is 13.1 Å². The number of piperidine rings is 1. The highest BCUT2D eigenvalue weighted by Crippen LogP contribution is 2.17. The maximum atomic E-state index is 12.0. The summed E-state index contributed by atoms with van der Waals surface area (Å²) in [7, 11) is 0. The van der Waals surface area contributed by atoms with Crippen LogP contribution in [-0.4, -0.2) is 41.0 Å². The number of nitrogens with two attached hydrogens (primary N) is 1. The molecule has 5 heteroatoms. The van der Waals surface area contributed by atoms with Crippen LogP contribution in [0.2, 0.25) is 0 Å². The first-order chi connectivity index (χ1) is 7.43. The number of hydrogen-bond acceptors (Lipinski definition) is 3. The van der Waals surface area contributed by atoms with Crippen LogP contribution in [0.25, 0.3) is 0 Å². The van der Waals surface area contributed by atoms with Gasteiger partial charge in [-0.1, -0.05) is 13.8 Å². The van der Waals surface area contributed by atoms with Crippen LogP contribution in [0.3, 0.4) is 0 Å². The van der Waals surface area contributed by atoms with Crippen LogP contribution in [0, 0.1) is 11.8 Å². The summed E-state index contributed by atoms with van der Waals surface area (Å²) in [6.07, 6.45) is 1.61. The van der Waals surface area contributed by atoms with Gasteiger partial charge < -0.3 is 15.7 Å². The van der Waals surface area contributed by atoms with E-state index in [0.717, 1.165) is 12.8 Å². The molecule has 0 saturated carbocycles. The van der Waals surface area contributed by atoms with E-state index < -0.39 is 17.8 Å². The quantitative estimate of drug-likeness (QED) is 0.727. The van der Waals surface area contributed by atoms with Crippen molar-refractivity contribution in [2.24, 2.45) is 17.6 Å². The fourth-order valence-electron chi connectivity index (χ4n) is 1.84. The molecule has 1 amide bonds. The van der Waals surface area contributed by atoms with E-state index in [2.05, 4.69) is 0 Å². The van der Waals surface area contributed by atoms with E-state index in [9.17, 15) is 9.59 Å². The largest absolute Gasteiger partial charge is 0.481 e. The average Bonchev–Trinajstić information content (AvgIpc) is 2.27. The molecule has 92 valence electrons. The number of amides is 1. The predicted octanol–water partition coefficient (Wildman–Crippen LogP) is 0.293. The molecule has 0 aromatic carbocycles. The number of aliphatic carboxylic acids is 1. The monoisotopic (exact) mass is 228 g/mol. The molecule has 0 aromatic heterocycles. The first-order valence-corrected chi connectivity index (χ1v) is 5.70. The van der Waals surface area contributed by atoms with Gasteiger partial charge in [0.15, 0.2) is 0 Å². The van der Waals surface area contributed by atoms with Gasteiger partial charge in [-0.25, -0.2) is 0 Å². The van der Waals surface area contributed by atoms with Gasteiger partial charge in [-0.05, 0) is 12.8 Å². The summed E-state index contributed by atoms with van der Waals surface area (Å²) >= 11 is 0. The third-order valence-electron chi connectivity index (χ3n) is 3.38. The Morgan fingerprint density at radius 1 is 1.25 bits per heavy atom. The lowest BCUT2D eigenvalue weighted by Gasteiger charge is -2.32. The molecule has 1 rings (SSSR count). The number of hydrogen-bond donors (Lipinski definition) is 2. The third-order valence-corrected chi connectivity index (χ3v) is 3.38. The predicted molar refractivity (Wildman–Crippen MR) is 59.8 cm³/mol. The molecule has 2 unspecified atom stereocenters. The molecule has 0 radical (unpaired) electrons. The number of likely N-dealkylation sites (tertiary alicyclic amines) is 1. The van der Waals surface area contributed by atoms with Gasteiger partial charge in [0.05, 0.1) is 5.92 Å². The summed E-state index contributed by atoms with van der Waals surface area (Å²) in [6.45, 7) is 4.55. The summed E-state index contributed by atoms with van der Waals surface area (Å²) in [5.74, 6) is -2.09. The van der Waals surface area contributed by atoms with Crippen LogP contribution in [0.5, 0.6) is 0 Å². The topological polar surface area (TPSA) is 83.6 Å². The molecule has 1 aliphatic rings. The summed E-state index contributed by atoms with van der Waals surface area (Å²) in [6, 6.07) is 0.177. The molecule has 1 heterocycles. The van der Waals surface area contributed by atoms with Gasteiger partial charge in [0.2, 0.25) is 5.91 Å². The fraction of sp³-hybridized carbons (Fsp3) is 0.818. The molecular formula is C11H20N2O3. The Kier molecular flexibility index (Phi) is 4.29. The van der Waals surface area contributed by atoms with Gasteiger partial charge in [0, 0.05) is 25.0 Å². The van der Waals surface area contributed by atoms with Crippen molar-refractivity contribution < 1.29 is 14.7 Å². The van der Waals surface area contributed by atoms with Crippen molar-refractivity contribution >= 4 is 11.9 Å². The minimum atomic E-state index is -0.922. The normalized spacial score (nSPS) is 21.6. The molecule has 0 aromatic rings. The third kappa shape index (κ3) is 2.95. The molecule has 16 heavy (non-hydrogen) atoms. The van der Waals surface area contributed by atoms with Crippen LogP contribution in [0.1, 0.15) is 26.7 Å². The lowest BCUT2D eigenvalue weighted by atomic mass is 9.93. The highest BCUT2D eigenvalue weighted by atomic mass is 16.4. The van der Waals surface area contributed by atoms with Gasteiger partial charge in [0.25, 0.3) is 0 Å². The first-order valence-electron chi connectivity index (χ1n) is 5.70. The number of nitrogens with zero attached hydrogens (tertiary/aromatic N) is 1. The van der Waals surface area contributed by atoms with Gasteiger partial charge in [0.1, 0.15) is 0 Å². The molecule has 0 aliphatic carbocycles. The fourth-order valence-corrected chi connectivity index (χ4v) is 1.84. The number of carbonyl (C=O) groups excluding carboxylic acids is 1. The van der Waals surface area contributed by atoms with Crippen LogP contribution in [0.4, 0.5) is 0 Å². The van der Waals surface area contributed by atoms with Crippen molar-refractivity contribution in [2.75, 3.05) is 13.1 Å². The van der Waals surface area contributed by atoms with E-state index in [1.807, 2.05) is 0 Å². The minimum absolute atomic E-state index is 0.0678. The molecule has 1 saturated heterocycles. The molecule has 5 nitrogen and oxygen atoms in total. The maximum Gasteiger partial charge on any atom is 0.307 e. The molecule has 1 aliphatic heterocycles. The zero-order chi connectivity index (χ0) is 12.3. The van der Waals surface area contributed by atoms with Crippen LogP contribution < -0.4 is 5.73 Å². The summed E-state index contributed by atoms with van der Waals surface area (Å²) < 4.78 is 0. The average molecular weight is 228 g/mol. The van der Waals surface area contributed by atoms with Crippen molar-refractivity contribution in [2.45, 2.75) is 32.7 Å². The number of rotatable bonds is 3. The molecular weight excluding hydrogens is 208 g/mol. The Labute approximate surface area is 95.6 Å². The number of carboxylic acid groups (broad SMARTS) is 1. The standard InChI is InChI=1S/C11H20N2O3/c1-7(8(2)11(15)16)10(14)13-5-3-9(12)4-6-13/h7-9H,3-6,12H2,1-2H3,(H,15,16). The maximum absolute atomic E-state index is 12.0. The Morgan fingerprint density at radius 2 is 1.75 bits per heavy atom. The van der Waals surface area contributed by atoms with Gasteiger partial charge in [-0.2, -0.15) is 0 Å². The zero-order valence-electron chi connectivity index (χ0n) is 9.85. The molecule has 2 atom stereocenters. The Balaban J connectivity index is 2.54. The second kappa shape index (κ2) is 5.30. The summed E-state index contributed by atoms with van der Waals surface area (Å²) in [5, 5.41) is 8.85. The van der Waals surface area contributed by atoms with Crippen molar-refractivity contribution in [3.05, 3.63) is 0 Å². The molecule has 0 spiro atoms. The zero-order valence-corrected chi connectivity index (χ0v) is 9.85. The Bertz CT molecular complexity index is 272. The smallest absolute Gasteiger partial charge is 0.307 e. The van der Waals surface area contributed by atoms with E-state index in [1.54, 1.807) is 18.7 Å². The van der Waals surface area contributed by atoms with E-state index in [4.69, 9.17) is 10.8 Å². The first kappa shape index (κ1) is 13.0. The van der Waals surface area contributed by atoms with Crippen molar-refractivity contribution in [1.29, 1.82) is 0 Å². The Morgan fingerprint density at radius 3 is 2.19 bits per heavy atom. The lowest BCUT2D eigenvalue weighted by Crippen LogP contribution is -2.46. The highest BCUT2D eigenvalue weighted by molar-refractivity contribution is 5.84. The Hall–Kier alpha value is -1.10. The van der Waals surface area contributed by atoms with Crippen molar-refractivity contribution in [1.82, 2.24) is 4.90 Å². The van der Waals surface area contributed by atoms with E-state index in [1.165, 1.54) is 0 Å². The summed E-state index contributed by atoms with van der Waals surface area (Å²) in [5.41, 5.74) is 5.75.